The third kappa shape index (κ3) is 3.03. The summed E-state index contributed by atoms with van der Waals surface area (Å²) in [6.07, 6.45) is 0. The highest BCUT2D eigenvalue weighted by atomic mass is 35.5. The van der Waals surface area contributed by atoms with E-state index in [2.05, 4.69) is 10.3 Å². The number of benzene rings is 1. The molecule has 1 N–H and O–H groups in total. The fourth-order valence-corrected chi connectivity index (χ4v) is 1.94. The molecule has 0 fully saturated rings. The van der Waals surface area contributed by atoms with E-state index in [9.17, 15) is 9.18 Å². The lowest BCUT2D eigenvalue weighted by molar-refractivity contribution is 0.102. The number of hydrogen-bond acceptors (Lipinski definition) is 2. The molecule has 0 unspecified atom stereocenters. The Morgan fingerprint density at radius 2 is 2.00 bits per heavy atom. The van der Waals surface area contributed by atoms with E-state index in [1.54, 1.807) is 13.0 Å². The number of halogens is 3. The third-order valence-corrected chi connectivity index (χ3v) is 3.07. The van der Waals surface area contributed by atoms with Crippen LogP contribution in [0.15, 0.2) is 30.3 Å². The number of pyridine rings is 1. The summed E-state index contributed by atoms with van der Waals surface area (Å²) in [4.78, 5) is 15.8. The molecule has 6 heteroatoms. The second-order valence-corrected chi connectivity index (χ2v) is 4.58. The maximum absolute atomic E-state index is 13.4. The van der Waals surface area contributed by atoms with Gasteiger partial charge in [0.2, 0.25) is 0 Å². The van der Waals surface area contributed by atoms with Crippen molar-refractivity contribution in [1.29, 1.82) is 0 Å². The van der Waals surface area contributed by atoms with Gasteiger partial charge in [0.1, 0.15) is 16.1 Å². The fourth-order valence-electron chi connectivity index (χ4n) is 1.51. The van der Waals surface area contributed by atoms with Crippen molar-refractivity contribution in [3.05, 3.63) is 57.6 Å². The van der Waals surface area contributed by atoms with Crippen molar-refractivity contribution >= 4 is 34.8 Å². The minimum absolute atomic E-state index is 0.000874. The molecule has 0 radical (unpaired) electrons. The SMILES string of the molecule is Cc1c(F)cccc1NC(=O)c1ccc(Cl)nc1Cl. The Balaban J connectivity index is 2.28. The Bertz CT molecular complexity index is 647. The Morgan fingerprint density at radius 1 is 1.26 bits per heavy atom. The summed E-state index contributed by atoms with van der Waals surface area (Å²) in [5.74, 6) is -0.860. The van der Waals surface area contributed by atoms with Crippen molar-refractivity contribution in [1.82, 2.24) is 4.98 Å². The van der Waals surface area contributed by atoms with Crippen LogP contribution in [0.25, 0.3) is 0 Å². The van der Waals surface area contributed by atoms with Gasteiger partial charge < -0.3 is 5.32 Å². The highest BCUT2D eigenvalue weighted by molar-refractivity contribution is 6.35. The summed E-state index contributed by atoms with van der Waals surface area (Å²) in [5, 5.41) is 2.78. The summed E-state index contributed by atoms with van der Waals surface area (Å²) in [6, 6.07) is 7.36. The minimum Gasteiger partial charge on any atom is -0.322 e. The lowest BCUT2D eigenvalue weighted by Crippen LogP contribution is -2.14. The van der Waals surface area contributed by atoms with E-state index in [4.69, 9.17) is 23.2 Å². The van der Waals surface area contributed by atoms with Gasteiger partial charge in [-0.3, -0.25) is 4.79 Å². The van der Waals surface area contributed by atoms with Gasteiger partial charge in [-0.15, -0.1) is 0 Å². The van der Waals surface area contributed by atoms with Crippen LogP contribution in [0.4, 0.5) is 10.1 Å². The molecule has 0 aliphatic rings. The smallest absolute Gasteiger partial charge is 0.258 e. The first-order chi connectivity index (χ1) is 8.99. The first-order valence-electron chi connectivity index (χ1n) is 5.37. The highest BCUT2D eigenvalue weighted by Crippen LogP contribution is 2.21. The maximum atomic E-state index is 13.4. The van der Waals surface area contributed by atoms with E-state index in [-0.39, 0.29) is 15.9 Å². The molecule has 2 aromatic rings. The zero-order valence-corrected chi connectivity index (χ0v) is 11.4. The number of aromatic nitrogens is 1. The molecule has 0 aliphatic heterocycles. The fraction of sp³-hybridized carbons (Fsp3) is 0.0769. The van der Waals surface area contributed by atoms with Crippen molar-refractivity contribution in [2.45, 2.75) is 6.92 Å². The van der Waals surface area contributed by atoms with Gasteiger partial charge in [-0.25, -0.2) is 9.37 Å². The maximum Gasteiger partial charge on any atom is 0.258 e. The van der Waals surface area contributed by atoms with E-state index in [0.717, 1.165) is 0 Å². The van der Waals surface area contributed by atoms with E-state index in [0.29, 0.717) is 11.3 Å². The van der Waals surface area contributed by atoms with Gasteiger partial charge in [0.15, 0.2) is 0 Å². The number of amides is 1. The average molecular weight is 299 g/mol. The molecule has 1 amide bonds. The molecule has 1 heterocycles. The van der Waals surface area contributed by atoms with Crippen molar-refractivity contribution in [2.24, 2.45) is 0 Å². The van der Waals surface area contributed by atoms with Crippen LogP contribution in [0.1, 0.15) is 15.9 Å². The average Bonchev–Trinajstić information content (AvgIpc) is 2.34. The molecule has 0 aliphatic carbocycles. The van der Waals surface area contributed by atoms with Crippen LogP contribution < -0.4 is 5.32 Å². The Kier molecular flexibility index (Phi) is 4.02. The van der Waals surface area contributed by atoms with Crippen LogP contribution >= 0.6 is 23.2 Å². The molecule has 3 nitrogen and oxygen atoms in total. The Hall–Kier alpha value is -1.65. The predicted octanol–water partition coefficient (Wildman–Crippen LogP) is 4.09. The summed E-state index contributed by atoms with van der Waals surface area (Å²) in [7, 11) is 0. The molecule has 1 aromatic carbocycles. The predicted molar refractivity (Wildman–Crippen MR) is 73.3 cm³/mol. The number of nitrogens with zero attached hydrogens (tertiary/aromatic N) is 1. The van der Waals surface area contributed by atoms with Gasteiger partial charge in [-0.05, 0) is 31.2 Å². The molecule has 0 saturated carbocycles. The quantitative estimate of drug-likeness (QED) is 0.849. The number of rotatable bonds is 2. The van der Waals surface area contributed by atoms with Crippen LogP contribution in [-0.4, -0.2) is 10.9 Å². The monoisotopic (exact) mass is 298 g/mol. The molecule has 0 saturated heterocycles. The Labute approximate surface area is 119 Å². The summed E-state index contributed by atoms with van der Waals surface area (Å²) in [5.41, 5.74) is 0.916. The van der Waals surface area contributed by atoms with Crippen molar-refractivity contribution in [3.63, 3.8) is 0 Å². The molecular formula is C13H9Cl2FN2O. The first-order valence-corrected chi connectivity index (χ1v) is 6.13. The molecule has 19 heavy (non-hydrogen) atoms. The summed E-state index contributed by atoms with van der Waals surface area (Å²) in [6.45, 7) is 1.58. The van der Waals surface area contributed by atoms with Gasteiger partial charge in [-0.2, -0.15) is 0 Å². The minimum atomic E-state index is -0.470. The first kappa shape index (κ1) is 13.8. The zero-order chi connectivity index (χ0) is 14.0. The number of carbonyl (C=O) groups excluding carboxylic acids is 1. The summed E-state index contributed by atoms with van der Waals surface area (Å²) < 4.78 is 13.4. The molecule has 0 spiro atoms. The van der Waals surface area contributed by atoms with Crippen LogP contribution in [0.3, 0.4) is 0 Å². The zero-order valence-electron chi connectivity index (χ0n) is 9.88. The molecule has 1 aromatic heterocycles. The van der Waals surface area contributed by atoms with Crippen LogP contribution in [0.2, 0.25) is 10.3 Å². The van der Waals surface area contributed by atoms with Crippen LogP contribution in [0, 0.1) is 12.7 Å². The van der Waals surface area contributed by atoms with Crippen molar-refractivity contribution in [3.8, 4) is 0 Å². The second kappa shape index (κ2) is 5.55. The molecule has 0 bridgehead atoms. The van der Waals surface area contributed by atoms with Crippen molar-refractivity contribution in [2.75, 3.05) is 5.32 Å². The highest BCUT2D eigenvalue weighted by Gasteiger charge is 2.13. The standard InChI is InChI=1S/C13H9Cl2FN2O/c1-7-9(16)3-2-4-10(7)17-13(19)8-5-6-11(14)18-12(8)15/h2-6H,1H3,(H,17,19). The van der Waals surface area contributed by atoms with Crippen LogP contribution in [0.5, 0.6) is 0 Å². The normalized spacial score (nSPS) is 10.3. The molecule has 2 rings (SSSR count). The van der Waals surface area contributed by atoms with E-state index in [1.807, 2.05) is 0 Å². The summed E-state index contributed by atoms with van der Waals surface area (Å²) >= 11 is 11.5. The van der Waals surface area contributed by atoms with Crippen molar-refractivity contribution < 1.29 is 9.18 Å². The third-order valence-electron chi connectivity index (χ3n) is 2.58. The second-order valence-electron chi connectivity index (χ2n) is 3.84. The molecular weight excluding hydrogens is 290 g/mol. The van der Waals surface area contributed by atoms with E-state index in [1.165, 1.54) is 24.3 Å². The number of hydrogen-bond donors (Lipinski definition) is 1. The van der Waals surface area contributed by atoms with Crippen LogP contribution in [-0.2, 0) is 0 Å². The topological polar surface area (TPSA) is 42.0 Å². The molecule has 98 valence electrons. The van der Waals surface area contributed by atoms with Gasteiger partial charge in [0, 0.05) is 11.3 Å². The van der Waals surface area contributed by atoms with E-state index >= 15 is 0 Å². The lowest BCUT2D eigenvalue weighted by atomic mass is 10.1. The lowest BCUT2D eigenvalue weighted by Gasteiger charge is -2.09. The largest absolute Gasteiger partial charge is 0.322 e. The van der Waals surface area contributed by atoms with Gasteiger partial charge in [0.25, 0.3) is 5.91 Å². The van der Waals surface area contributed by atoms with Gasteiger partial charge in [-0.1, -0.05) is 29.3 Å². The van der Waals surface area contributed by atoms with Gasteiger partial charge in [0.05, 0.1) is 5.56 Å². The number of anilines is 1. The Morgan fingerprint density at radius 3 is 2.68 bits per heavy atom. The number of nitrogens with one attached hydrogen (secondary N) is 1. The number of carbonyl (C=O) groups is 1. The van der Waals surface area contributed by atoms with Gasteiger partial charge >= 0.3 is 0 Å². The molecule has 0 atom stereocenters. The van der Waals surface area contributed by atoms with E-state index < -0.39 is 11.7 Å².